The van der Waals surface area contributed by atoms with E-state index in [-0.39, 0.29) is 30.5 Å². The minimum absolute atomic E-state index is 0.125. The number of ether oxygens (including phenoxy) is 1. The highest BCUT2D eigenvalue weighted by Crippen LogP contribution is 2.42. The molecular formula is C20H34O4Si. The monoisotopic (exact) mass is 366 g/mol. The molecule has 3 atom stereocenters. The molecule has 1 N–H and O–H groups in total. The lowest BCUT2D eigenvalue weighted by atomic mass is 9.81. The van der Waals surface area contributed by atoms with Crippen LogP contribution in [0.25, 0.3) is 0 Å². The number of esters is 1. The fourth-order valence-corrected chi connectivity index (χ4v) is 4.52. The van der Waals surface area contributed by atoms with Crippen molar-refractivity contribution >= 4 is 14.3 Å². The van der Waals surface area contributed by atoms with E-state index in [9.17, 15) is 9.90 Å². The topological polar surface area (TPSA) is 55.8 Å². The number of aliphatic hydroxyl groups is 1. The van der Waals surface area contributed by atoms with Gasteiger partial charge in [-0.3, -0.25) is 0 Å². The van der Waals surface area contributed by atoms with Gasteiger partial charge in [-0.1, -0.05) is 24.8 Å². The van der Waals surface area contributed by atoms with Gasteiger partial charge in [-0.05, 0) is 64.7 Å². The quantitative estimate of drug-likeness (QED) is 0.230. The number of hydrogen-bond donors (Lipinski definition) is 1. The van der Waals surface area contributed by atoms with Gasteiger partial charge in [0, 0.05) is 12.0 Å². The second-order valence-corrected chi connectivity index (χ2v) is 12.8. The fourth-order valence-electron chi connectivity index (χ4n) is 3.34. The van der Waals surface area contributed by atoms with Crippen molar-refractivity contribution in [1.82, 2.24) is 0 Å². The molecule has 1 rings (SSSR count). The second-order valence-electron chi connectivity index (χ2n) is 8.35. The number of carbonyl (C=O) groups excluding carboxylic acids is 1. The van der Waals surface area contributed by atoms with Crippen molar-refractivity contribution in [2.24, 2.45) is 11.8 Å². The van der Waals surface area contributed by atoms with E-state index in [1.807, 2.05) is 26.8 Å². The molecule has 25 heavy (non-hydrogen) atoms. The van der Waals surface area contributed by atoms with Gasteiger partial charge in [-0.25, -0.2) is 4.79 Å². The van der Waals surface area contributed by atoms with Crippen molar-refractivity contribution in [3.8, 4) is 0 Å². The van der Waals surface area contributed by atoms with Crippen molar-refractivity contribution in [3.63, 3.8) is 0 Å². The first-order valence-electron chi connectivity index (χ1n) is 8.98. The summed E-state index contributed by atoms with van der Waals surface area (Å²) in [7, 11) is -1.66. The molecule has 1 saturated carbocycles. The third-order valence-electron chi connectivity index (χ3n) is 4.34. The van der Waals surface area contributed by atoms with Gasteiger partial charge >= 0.3 is 5.97 Å². The largest absolute Gasteiger partial charge is 0.458 e. The van der Waals surface area contributed by atoms with Crippen LogP contribution in [0.15, 0.2) is 36.5 Å². The normalized spacial score (nSPS) is 25.4. The Morgan fingerprint density at radius 3 is 2.48 bits per heavy atom. The number of hydrogen-bond acceptors (Lipinski definition) is 4. The zero-order valence-corrected chi connectivity index (χ0v) is 17.5. The van der Waals surface area contributed by atoms with Crippen LogP contribution in [0.2, 0.25) is 19.6 Å². The van der Waals surface area contributed by atoms with Gasteiger partial charge < -0.3 is 14.3 Å². The van der Waals surface area contributed by atoms with E-state index in [1.54, 1.807) is 6.08 Å². The van der Waals surface area contributed by atoms with Gasteiger partial charge in [0.25, 0.3) is 0 Å². The summed E-state index contributed by atoms with van der Waals surface area (Å²) in [6.45, 7) is 15.9. The number of rotatable bonds is 8. The maximum atomic E-state index is 11.6. The van der Waals surface area contributed by atoms with Gasteiger partial charge in [0.2, 0.25) is 0 Å². The molecule has 0 aliphatic heterocycles. The summed E-state index contributed by atoms with van der Waals surface area (Å²) >= 11 is 0. The van der Waals surface area contributed by atoms with Crippen LogP contribution < -0.4 is 0 Å². The van der Waals surface area contributed by atoms with E-state index in [2.05, 4.69) is 32.3 Å². The maximum absolute atomic E-state index is 11.6. The van der Waals surface area contributed by atoms with E-state index < -0.39 is 13.9 Å². The molecule has 1 aliphatic carbocycles. The van der Waals surface area contributed by atoms with Gasteiger partial charge in [-0.15, -0.1) is 0 Å². The van der Waals surface area contributed by atoms with Crippen LogP contribution in [0.3, 0.4) is 0 Å². The molecule has 0 aromatic rings. The smallest absolute Gasteiger partial charge is 0.331 e. The lowest BCUT2D eigenvalue weighted by Gasteiger charge is -2.33. The average Bonchev–Trinajstić information content (AvgIpc) is 2.83. The maximum Gasteiger partial charge on any atom is 0.331 e. The predicted octanol–water partition coefficient (Wildman–Crippen LogP) is 4.24. The average molecular weight is 367 g/mol. The van der Waals surface area contributed by atoms with E-state index in [4.69, 9.17) is 9.16 Å². The molecule has 0 heterocycles. The van der Waals surface area contributed by atoms with Crippen molar-refractivity contribution in [1.29, 1.82) is 0 Å². The SMILES string of the molecule is C=CCOC(=O)C=C(C)C=CC1C(O[Si](C)(C)C)CCC1C(C)(C)O. The van der Waals surface area contributed by atoms with E-state index in [1.165, 1.54) is 6.08 Å². The van der Waals surface area contributed by atoms with Crippen molar-refractivity contribution in [3.05, 3.63) is 36.5 Å². The molecule has 1 fully saturated rings. The standard InChI is InChI=1S/C20H34O4Si/c1-8-13-23-19(21)14-15(2)9-10-16-17(20(3,4)22)11-12-18(16)24-25(5,6)7/h8-10,14,16-18,22H,1,11-13H2,2-7H3. The Morgan fingerprint density at radius 1 is 1.32 bits per heavy atom. The Bertz CT molecular complexity index is 523. The molecule has 4 nitrogen and oxygen atoms in total. The molecule has 0 amide bonds. The van der Waals surface area contributed by atoms with E-state index in [0.717, 1.165) is 18.4 Å². The first kappa shape index (κ1) is 21.9. The minimum atomic E-state index is -1.66. The van der Waals surface area contributed by atoms with Crippen LogP contribution in [0.5, 0.6) is 0 Å². The number of allylic oxidation sites excluding steroid dienone is 2. The highest BCUT2D eigenvalue weighted by molar-refractivity contribution is 6.69. The fraction of sp³-hybridized carbons (Fsp3) is 0.650. The van der Waals surface area contributed by atoms with E-state index in [0.29, 0.717) is 0 Å². The zero-order chi connectivity index (χ0) is 19.3. The Labute approximate surface area is 153 Å². The van der Waals surface area contributed by atoms with Crippen LogP contribution in [-0.2, 0) is 14.0 Å². The minimum Gasteiger partial charge on any atom is -0.458 e. The Balaban J connectivity index is 2.91. The summed E-state index contributed by atoms with van der Waals surface area (Å²) in [4.78, 5) is 11.6. The molecule has 0 aromatic carbocycles. The molecule has 5 heteroatoms. The summed E-state index contributed by atoms with van der Waals surface area (Å²) in [5.74, 6) is -0.0905. The first-order valence-corrected chi connectivity index (χ1v) is 12.4. The van der Waals surface area contributed by atoms with E-state index >= 15 is 0 Å². The van der Waals surface area contributed by atoms with Gasteiger partial charge in [0.05, 0.1) is 11.7 Å². The Hall–Kier alpha value is -1.17. The van der Waals surface area contributed by atoms with Crippen molar-refractivity contribution in [2.75, 3.05) is 6.61 Å². The molecule has 0 aromatic heterocycles. The highest BCUT2D eigenvalue weighted by atomic mass is 28.4. The molecule has 1 aliphatic rings. The number of carbonyl (C=O) groups is 1. The van der Waals surface area contributed by atoms with Crippen molar-refractivity contribution < 1.29 is 19.1 Å². The molecule has 0 spiro atoms. The third kappa shape index (κ3) is 7.71. The third-order valence-corrected chi connectivity index (χ3v) is 5.35. The lowest BCUT2D eigenvalue weighted by Crippen LogP contribution is -2.39. The first-order chi connectivity index (χ1) is 11.4. The summed E-state index contributed by atoms with van der Waals surface area (Å²) in [5, 5.41) is 10.5. The molecular weight excluding hydrogens is 332 g/mol. The van der Waals surface area contributed by atoms with Crippen LogP contribution >= 0.6 is 0 Å². The molecule has 0 saturated heterocycles. The van der Waals surface area contributed by atoms with Crippen LogP contribution in [0.1, 0.15) is 33.6 Å². The van der Waals surface area contributed by atoms with Crippen molar-refractivity contribution in [2.45, 2.75) is 65.0 Å². The zero-order valence-electron chi connectivity index (χ0n) is 16.5. The lowest BCUT2D eigenvalue weighted by molar-refractivity contribution is -0.136. The Morgan fingerprint density at radius 2 is 1.96 bits per heavy atom. The summed E-state index contributed by atoms with van der Waals surface area (Å²) < 4.78 is 11.3. The van der Waals surface area contributed by atoms with Gasteiger partial charge in [0.15, 0.2) is 8.32 Å². The Kier molecular flexibility index (Phi) is 7.84. The van der Waals surface area contributed by atoms with Gasteiger partial charge in [0.1, 0.15) is 6.61 Å². The highest BCUT2D eigenvalue weighted by Gasteiger charge is 2.43. The summed E-state index contributed by atoms with van der Waals surface area (Å²) in [6.07, 6.45) is 9.07. The van der Waals surface area contributed by atoms with Gasteiger partial charge in [-0.2, -0.15) is 0 Å². The summed E-state index contributed by atoms with van der Waals surface area (Å²) in [5.41, 5.74) is 0.0646. The molecule has 3 unspecified atom stereocenters. The van der Waals surface area contributed by atoms with Crippen LogP contribution in [0.4, 0.5) is 0 Å². The van der Waals surface area contributed by atoms with Crippen LogP contribution in [0, 0.1) is 11.8 Å². The summed E-state index contributed by atoms with van der Waals surface area (Å²) in [6, 6.07) is 0. The molecule has 0 bridgehead atoms. The molecule has 142 valence electrons. The predicted molar refractivity (Wildman–Crippen MR) is 105 cm³/mol. The second kappa shape index (κ2) is 8.97. The van der Waals surface area contributed by atoms with Crippen LogP contribution in [-0.4, -0.2) is 37.7 Å². The molecule has 0 radical (unpaired) electrons.